The molecule has 0 saturated carbocycles. The first-order valence-electron chi connectivity index (χ1n) is 8.16. The topological polar surface area (TPSA) is 76.7 Å². The molecule has 0 unspecified atom stereocenters. The Morgan fingerprint density at radius 2 is 1.32 bits per heavy atom. The minimum absolute atomic E-state index is 0.266. The van der Waals surface area contributed by atoms with E-state index in [1.165, 1.54) is 0 Å². The second kappa shape index (κ2) is 9.32. The average Bonchev–Trinajstić information content (AvgIpc) is 2.63. The van der Waals surface area contributed by atoms with Gasteiger partial charge in [0.1, 0.15) is 11.5 Å². The van der Waals surface area contributed by atoms with Crippen LogP contribution in [0.5, 0.6) is 11.5 Å². The van der Waals surface area contributed by atoms with Gasteiger partial charge in [-0.05, 0) is 55.8 Å². The molecule has 0 aliphatic rings. The molecule has 0 aliphatic heterocycles. The molecule has 6 nitrogen and oxygen atoms in total. The standard InChI is InChI=1S/C19H22N2O4/c1-3-24-16-9-5-14(6-10-16)13-20-18(22)19(23)21-15-7-11-17(12-8-15)25-4-2/h5-12H,3-4,13H2,1-2H3,(H,20,22)(H,21,23). The van der Waals surface area contributed by atoms with E-state index in [-0.39, 0.29) is 6.54 Å². The van der Waals surface area contributed by atoms with Gasteiger partial charge < -0.3 is 20.1 Å². The van der Waals surface area contributed by atoms with Crippen LogP contribution in [-0.2, 0) is 16.1 Å². The minimum Gasteiger partial charge on any atom is -0.494 e. The highest BCUT2D eigenvalue weighted by Crippen LogP contribution is 2.15. The maximum atomic E-state index is 11.9. The second-order valence-electron chi connectivity index (χ2n) is 5.17. The van der Waals surface area contributed by atoms with Crippen molar-refractivity contribution >= 4 is 17.5 Å². The van der Waals surface area contributed by atoms with Crippen molar-refractivity contribution in [3.63, 3.8) is 0 Å². The third-order valence-electron chi connectivity index (χ3n) is 3.32. The molecule has 6 heteroatoms. The van der Waals surface area contributed by atoms with E-state index in [4.69, 9.17) is 9.47 Å². The third kappa shape index (κ3) is 5.84. The molecular formula is C19H22N2O4. The number of carbonyl (C=O) groups excluding carboxylic acids is 2. The fourth-order valence-electron chi connectivity index (χ4n) is 2.12. The predicted octanol–water partition coefficient (Wildman–Crippen LogP) is 2.74. The van der Waals surface area contributed by atoms with Crippen LogP contribution in [0.1, 0.15) is 19.4 Å². The summed E-state index contributed by atoms with van der Waals surface area (Å²) in [4.78, 5) is 23.8. The van der Waals surface area contributed by atoms with Crippen LogP contribution in [0.25, 0.3) is 0 Å². The van der Waals surface area contributed by atoms with Crippen LogP contribution < -0.4 is 20.1 Å². The van der Waals surface area contributed by atoms with Gasteiger partial charge in [0.15, 0.2) is 0 Å². The monoisotopic (exact) mass is 342 g/mol. The van der Waals surface area contributed by atoms with Crippen molar-refractivity contribution < 1.29 is 19.1 Å². The second-order valence-corrected chi connectivity index (χ2v) is 5.17. The van der Waals surface area contributed by atoms with Crippen LogP contribution in [0, 0.1) is 0 Å². The van der Waals surface area contributed by atoms with Crippen molar-refractivity contribution in [1.82, 2.24) is 5.32 Å². The average molecular weight is 342 g/mol. The fourth-order valence-corrected chi connectivity index (χ4v) is 2.12. The van der Waals surface area contributed by atoms with E-state index in [0.717, 1.165) is 11.3 Å². The number of nitrogens with one attached hydrogen (secondary N) is 2. The van der Waals surface area contributed by atoms with E-state index in [1.54, 1.807) is 24.3 Å². The Morgan fingerprint density at radius 1 is 0.800 bits per heavy atom. The number of rotatable bonds is 7. The molecule has 0 atom stereocenters. The molecule has 2 aromatic rings. The highest BCUT2D eigenvalue weighted by molar-refractivity contribution is 6.39. The lowest BCUT2D eigenvalue weighted by Crippen LogP contribution is -2.34. The number of benzene rings is 2. The van der Waals surface area contributed by atoms with Gasteiger partial charge in [-0.1, -0.05) is 12.1 Å². The molecule has 0 aliphatic carbocycles. The highest BCUT2D eigenvalue weighted by atomic mass is 16.5. The molecule has 2 N–H and O–H groups in total. The molecule has 0 fully saturated rings. The maximum Gasteiger partial charge on any atom is 0.313 e. The fraction of sp³-hybridized carbons (Fsp3) is 0.263. The van der Waals surface area contributed by atoms with Gasteiger partial charge in [-0.3, -0.25) is 9.59 Å². The Morgan fingerprint density at radius 3 is 1.84 bits per heavy atom. The SMILES string of the molecule is CCOc1ccc(CNC(=O)C(=O)Nc2ccc(OCC)cc2)cc1. The van der Waals surface area contributed by atoms with Crippen LogP contribution in [0.15, 0.2) is 48.5 Å². The van der Waals surface area contributed by atoms with Gasteiger partial charge in [0, 0.05) is 12.2 Å². The lowest BCUT2D eigenvalue weighted by molar-refractivity contribution is -0.136. The van der Waals surface area contributed by atoms with E-state index in [0.29, 0.717) is 24.7 Å². The van der Waals surface area contributed by atoms with Gasteiger partial charge in [-0.15, -0.1) is 0 Å². The molecule has 2 aromatic carbocycles. The van der Waals surface area contributed by atoms with Crippen molar-refractivity contribution in [3.05, 3.63) is 54.1 Å². The van der Waals surface area contributed by atoms with Gasteiger partial charge in [-0.25, -0.2) is 0 Å². The van der Waals surface area contributed by atoms with Crippen molar-refractivity contribution in [2.24, 2.45) is 0 Å². The Labute approximate surface area is 147 Å². The summed E-state index contributed by atoms with van der Waals surface area (Å²) >= 11 is 0. The van der Waals surface area contributed by atoms with E-state index in [2.05, 4.69) is 10.6 Å². The lowest BCUT2D eigenvalue weighted by atomic mass is 10.2. The molecule has 0 spiro atoms. The third-order valence-corrected chi connectivity index (χ3v) is 3.32. The molecule has 0 aromatic heterocycles. The number of hydrogen-bond donors (Lipinski definition) is 2. The summed E-state index contributed by atoms with van der Waals surface area (Å²) in [6.45, 7) is 5.24. The highest BCUT2D eigenvalue weighted by Gasteiger charge is 2.13. The van der Waals surface area contributed by atoms with Crippen LogP contribution in [0.2, 0.25) is 0 Å². The van der Waals surface area contributed by atoms with Crippen molar-refractivity contribution in [2.75, 3.05) is 18.5 Å². The van der Waals surface area contributed by atoms with Crippen molar-refractivity contribution in [3.8, 4) is 11.5 Å². The summed E-state index contributed by atoms with van der Waals surface area (Å²) in [7, 11) is 0. The maximum absolute atomic E-state index is 11.9. The first kappa shape index (κ1) is 18.3. The Balaban J connectivity index is 1.82. The van der Waals surface area contributed by atoms with Gasteiger partial charge in [-0.2, -0.15) is 0 Å². The predicted molar refractivity (Wildman–Crippen MR) is 95.7 cm³/mol. The molecule has 0 radical (unpaired) electrons. The van der Waals surface area contributed by atoms with Crippen LogP contribution >= 0.6 is 0 Å². The van der Waals surface area contributed by atoms with Crippen LogP contribution in [0.4, 0.5) is 5.69 Å². The summed E-state index contributed by atoms with van der Waals surface area (Å²) in [6, 6.07) is 14.2. The Hall–Kier alpha value is -3.02. The van der Waals surface area contributed by atoms with Crippen LogP contribution in [0.3, 0.4) is 0 Å². The normalized spacial score (nSPS) is 10.0. The van der Waals surface area contributed by atoms with E-state index < -0.39 is 11.8 Å². The largest absolute Gasteiger partial charge is 0.494 e. The van der Waals surface area contributed by atoms with Crippen molar-refractivity contribution in [2.45, 2.75) is 20.4 Å². The van der Waals surface area contributed by atoms with E-state index in [9.17, 15) is 9.59 Å². The quantitative estimate of drug-likeness (QED) is 0.759. The van der Waals surface area contributed by atoms with Gasteiger partial charge in [0.2, 0.25) is 0 Å². The molecule has 25 heavy (non-hydrogen) atoms. The molecule has 0 heterocycles. The summed E-state index contributed by atoms with van der Waals surface area (Å²) in [5.74, 6) is 0.0733. The summed E-state index contributed by atoms with van der Waals surface area (Å²) in [5, 5.41) is 5.13. The van der Waals surface area contributed by atoms with Crippen molar-refractivity contribution in [1.29, 1.82) is 0 Å². The number of hydrogen-bond acceptors (Lipinski definition) is 4. The molecule has 2 amide bonds. The van der Waals surface area contributed by atoms with Crippen LogP contribution in [-0.4, -0.2) is 25.0 Å². The molecular weight excluding hydrogens is 320 g/mol. The summed E-state index contributed by atoms with van der Waals surface area (Å²) < 4.78 is 10.7. The first-order chi connectivity index (χ1) is 12.1. The van der Waals surface area contributed by atoms with Gasteiger partial charge in [0.25, 0.3) is 0 Å². The number of carbonyl (C=O) groups is 2. The number of amides is 2. The Bertz CT molecular complexity index is 696. The zero-order valence-electron chi connectivity index (χ0n) is 14.4. The molecule has 0 bridgehead atoms. The Kier molecular flexibility index (Phi) is 6.83. The summed E-state index contributed by atoms with van der Waals surface area (Å²) in [5.41, 5.74) is 1.41. The van der Waals surface area contributed by atoms with Gasteiger partial charge in [0.05, 0.1) is 13.2 Å². The first-order valence-corrected chi connectivity index (χ1v) is 8.16. The molecule has 2 rings (SSSR count). The molecule has 0 saturated heterocycles. The van der Waals surface area contributed by atoms with E-state index >= 15 is 0 Å². The smallest absolute Gasteiger partial charge is 0.313 e. The zero-order chi connectivity index (χ0) is 18.1. The summed E-state index contributed by atoms with van der Waals surface area (Å²) in [6.07, 6.45) is 0. The minimum atomic E-state index is -0.713. The zero-order valence-corrected chi connectivity index (χ0v) is 14.4. The number of ether oxygens (including phenoxy) is 2. The lowest BCUT2D eigenvalue weighted by Gasteiger charge is -2.08. The van der Waals surface area contributed by atoms with Gasteiger partial charge >= 0.3 is 11.8 Å². The number of anilines is 1. The molecule has 132 valence electrons. The van der Waals surface area contributed by atoms with E-state index in [1.807, 2.05) is 38.1 Å².